The second-order valence-electron chi connectivity index (χ2n) is 6.11. The summed E-state index contributed by atoms with van der Waals surface area (Å²) in [6.45, 7) is 0.000564. The van der Waals surface area contributed by atoms with Crippen LogP contribution in [0, 0.1) is 5.82 Å². The first kappa shape index (κ1) is 19.0. The Morgan fingerprint density at radius 2 is 1.58 bits per heavy atom. The van der Waals surface area contributed by atoms with Crippen LogP contribution in [0.5, 0.6) is 0 Å². The Bertz CT molecular complexity index is 1000. The van der Waals surface area contributed by atoms with Crippen LogP contribution in [0.3, 0.4) is 0 Å². The van der Waals surface area contributed by atoms with E-state index in [1.165, 1.54) is 24.3 Å². The molecule has 0 amide bonds. The molecule has 1 saturated carbocycles. The molecule has 2 aromatic rings. The fourth-order valence-electron chi connectivity index (χ4n) is 2.40. The molecular formula is C17H19FN2O4S2. The highest BCUT2D eigenvalue weighted by Gasteiger charge is 2.28. The van der Waals surface area contributed by atoms with Gasteiger partial charge in [0, 0.05) is 12.6 Å². The smallest absolute Gasteiger partial charge is 0.211 e. The molecule has 0 unspecified atom stereocenters. The molecule has 2 aromatic carbocycles. The summed E-state index contributed by atoms with van der Waals surface area (Å²) in [6, 6.07) is 11.2. The van der Waals surface area contributed by atoms with E-state index < -0.39 is 25.9 Å². The average Bonchev–Trinajstić information content (AvgIpc) is 3.40. The van der Waals surface area contributed by atoms with E-state index in [9.17, 15) is 21.2 Å². The maximum atomic E-state index is 13.6. The van der Waals surface area contributed by atoms with Crippen molar-refractivity contribution in [2.75, 3.05) is 6.54 Å². The zero-order valence-corrected chi connectivity index (χ0v) is 15.5. The standard InChI is InChI=1S/C17H19FN2O4S2/c18-17-7-2-1-4-13(17)10-11-19-25(21,22)15-5-3-6-16(12-15)26(23,24)20-14-8-9-14/h1-7,12,14,19-20H,8-11H2. The molecule has 1 aliphatic carbocycles. The maximum Gasteiger partial charge on any atom is 0.240 e. The second-order valence-corrected chi connectivity index (χ2v) is 9.59. The van der Waals surface area contributed by atoms with Crippen molar-refractivity contribution >= 4 is 20.0 Å². The van der Waals surface area contributed by atoms with Gasteiger partial charge in [0.15, 0.2) is 0 Å². The lowest BCUT2D eigenvalue weighted by Crippen LogP contribution is -2.28. The number of sulfonamides is 2. The summed E-state index contributed by atoms with van der Waals surface area (Å²) < 4.78 is 67.7. The molecule has 0 aromatic heterocycles. The van der Waals surface area contributed by atoms with E-state index in [4.69, 9.17) is 0 Å². The minimum atomic E-state index is -3.90. The minimum absolute atomic E-state index is 0.000564. The van der Waals surface area contributed by atoms with Gasteiger partial charge in [-0.25, -0.2) is 30.7 Å². The van der Waals surface area contributed by atoms with Crippen LogP contribution in [-0.2, 0) is 26.5 Å². The van der Waals surface area contributed by atoms with Gasteiger partial charge in [-0.3, -0.25) is 0 Å². The van der Waals surface area contributed by atoms with Crippen molar-refractivity contribution < 1.29 is 21.2 Å². The van der Waals surface area contributed by atoms with E-state index in [-0.39, 0.29) is 28.8 Å². The summed E-state index contributed by atoms with van der Waals surface area (Å²) >= 11 is 0. The maximum absolute atomic E-state index is 13.6. The number of nitrogens with one attached hydrogen (secondary N) is 2. The lowest BCUT2D eigenvalue weighted by atomic mass is 10.1. The third kappa shape index (κ3) is 4.67. The number of rotatable bonds is 8. The Labute approximate surface area is 152 Å². The normalized spacial score (nSPS) is 15.1. The third-order valence-electron chi connectivity index (χ3n) is 3.97. The Morgan fingerprint density at radius 3 is 2.23 bits per heavy atom. The highest BCUT2D eigenvalue weighted by molar-refractivity contribution is 7.90. The monoisotopic (exact) mass is 398 g/mol. The lowest BCUT2D eigenvalue weighted by Gasteiger charge is -2.10. The largest absolute Gasteiger partial charge is 0.240 e. The summed E-state index contributed by atoms with van der Waals surface area (Å²) in [7, 11) is -7.64. The van der Waals surface area contributed by atoms with E-state index in [0.717, 1.165) is 18.9 Å². The van der Waals surface area contributed by atoms with Gasteiger partial charge in [-0.1, -0.05) is 24.3 Å². The van der Waals surface area contributed by atoms with Gasteiger partial charge < -0.3 is 0 Å². The van der Waals surface area contributed by atoms with E-state index >= 15 is 0 Å². The predicted molar refractivity (Wildman–Crippen MR) is 95.1 cm³/mol. The van der Waals surface area contributed by atoms with Crippen LogP contribution in [0.2, 0.25) is 0 Å². The molecule has 0 spiro atoms. The minimum Gasteiger partial charge on any atom is -0.211 e. The van der Waals surface area contributed by atoms with Gasteiger partial charge in [0.1, 0.15) is 5.82 Å². The Balaban J connectivity index is 1.71. The molecule has 0 bridgehead atoms. The van der Waals surface area contributed by atoms with Crippen LogP contribution in [0.1, 0.15) is 18.4 Å². The van der Waals surface area contributed by atoms with Crippen LogP contribution in [0.4, 0.5) is 4.39 Å². The van der Waals surface area contributed by atoms with Crippen LogP contribution in [0.25, 0.3) is 0 Å². The van der Waals surface area contributed by atoms with E-state index in [1.807, 2.05) is 0 Å². The molecule has 0 aliphatic heterocycles. The fourth-order valence-corrected chi connectivity index (χ4v) is 4.90. The molecule has 6 nitrogen and oxygen atoms in total. The fraction of sp³-hybridized carbons (Fsp3) is 0.294. The molecule has 9 heteroatoms. The van der Waals surface area contributed by atoms with Gasteiger partial charge in [-0.05, 0) is 49.1 Å². The highest BCUT2D eigenvalue weighted by Crippen LogP contribution is 2.23. The van der Waals surface area contributed by atoms with Crippen molar-refractivity contribution in [2.24, 2.45) is 0 Å². The quantitative estimate of drug-likeness (QED) is 0.709. The summed E-state index contributed by atoms with van der Waals surface area (Å²) in [4.78, 5) is -0.244. The molecule has 0 atom stereocenters. The molecule has 1 fully saturated rings. The molecule has 140 valence electrons. The Kier molecular flexibility index (Phi) is 5.42. The summed E-state index contributed by atoms with van der Waals surface area (Å²) in [6.07, 6.45) is 1.76. The number of hydrogen-bond acceptors (Lipinski definition) is 4. The topological polar surface area (TPSA) is 92.3 Å². The van der Waals surface area contributed by atoms with Crippen molar-refractivity contribution in [1.82, 2.24) is 9.44 Å². The van der Waals surface area contributed by atoms with Crippen molar-refractivity contribution in [3.8, 4) is 0 Å². The molecule has 1 aliphatic rings. The third-order valence-corrected chi connectivity index (χ3v) is 6.95. The molecular weight excluding hydrogens is 379 g/mol. The van der Waals surface area contributed by atoms with Crippen molar-refractivity contribution in [3.63, 3.8) is 0 Å². The molecule has 3 rings (SSSR count). The molecule has 0 radical (unpaired) electrons. The zero-order chi connectivity index (χ0) is 18.8. The molecule has 0 heterocycles. The SMILES string of the molecule is O=S(=O)(NCCc1ccccc1F)c1cccc(S(=O)(=O)NC2CC2)c1. The first-order chi connectivity index (χ1) is 12.3. The van der Waals surface area contributed by atoms with Gasteiger partial charge >= 0.3 is 0 Å². The van der Waals surface area contributed by atoms with E-state index in [1.54, 1.807) is 18.2 Å². The first-order valence-electron chi connectivity index (χ1n) is 8.13. The summed E-state index contributed by atoms with van der Waals surface area (Å²) in [5.74, 6) is -0.397. The first-order valence-corrected chi connectivity index (χ1v) is 11.1. The van der Waals surface area contributed by atoms with Crippen molar-refractivity contribution in [2.45, 2.75) is 35.1 Å². The highest BCUT2D eigenvalue weighted by atomic mass is 32.2. The Morgan fingerprint density at radius 1 is 0.923 bits per heavy atom. The van der Waals surface area contributed by atoms with Crippen LogP contribution < -0.4 is 9.44 Å². The van der Waals surface area contributed by atoms with Gasteiger partial charge in [-0.2, -0.15) is 0 Å². The Hall–Kier alpha value is -1.81. The number of hydrogen-bond donors (Lipinski definition) is 2. The molecule has 0 saturated heterocycles. The van der Waals surface area contributed by atoms with E-state index in [0.29, 0.717) is 5.56 Å². The second kappa shape index (κ2) is 7.43. The summed E-state index contributed by atoms with van der Waals surface area (Å²) in [5, 5.41) is 0. The van der Waals surface area contributed by atoms with Crippen LogP contribution in [0.15, 0.2) is 58.3 Å². The zero-order valence-electron chi connectivity index (χ0n) is 13.9. The predicted octanol–water partition coefficient (Wildman–Crippen LogP) is 1.79. The van der Waals surface area contributed by atoms with Gasteiger partial charge in [-0.15, -0.1) is 0 Å². The van der Waals surface area contributed by atoms with Crippen molar-refractivity contribution in [1.29, 1.82) is 0 Å². The number of benzene rings is 2. The van der Waals surface area contributed by atoms with Crippen molar-refractivity contribution in [3.05, 3.63) is 59.9 Å². The lowest BCUT2D eigenvalue weighted by molar-refractivity contribution is 0.576. The van der Waals surface area contributed by atoms with Gasteiger partial charge in [0.25, 0.3) is 0 Å². The molecule has 2 N–H and O–H groups in total. The average molecular weight is 398 g/mol. The van der Waals surface area contributed by atoms with Crippen LogP contribution >= 0.6 is 0 Å². The summed E-state index contributed by atoms with van der Waals surface area (Å²) in [5.41, 5.74) is 0.403. The van der Waals surface area contributed by atoms with Gasteiger partial charge in [0.2, 0.25) is 20.0 Å². The van der Waals surface area contributed by atoms with E-state index in [2.05, 4.69) is 9.44 Å². The van der Waals surface area contributed by atoms with Crippen LogP contribution in [-0.4, -0.2) is 29.4 Å². The molecule has 26 heavy (non-hydrogen) atoms. The number of halogens is 1. The van der Waals surface area contributed by atoms with Gasteiger partial charge in [0.05, 0.1) is 9.79 Å².